The maximum atomic E-state index is 12.4. The van der Waals surface area contributed by atoms with Crippen LogP contribution in [0.3, 0.4) is 0 Å². The van der Waals surface area contributed by atoms with Crippen LogP contribution in [0.5, 0.6) is 0 Å². The van der Waals surface area contributed by atoms with Gasteiger partial charge in [-0.15, -0.1) is 0 Å². The van der Waals surface area contributed by atoms with E-state index in [9.17, 15) is 4.79 Å². The molecule has 0 unspecified atom stereocenters. The molecule has 3 rings (SSSR count). The standard InChI is InChI=1S/C25H37N5O/c1-25(2,3)27-24(31)26-19-23(20-11-13-21(14-12-20)28(4)5)30-17-15-29(16-18-30)22-9-7-6-8-10-22/h6-14,23H,15-19H2,1-5H3,(H2,26,27,31)/t23-/m0/s1. The van der Waals surface area contributed by atoms with Gasteiger partial charge in [0.25, 0.3) is 0 Å². The normalized spacial score (nSPS) is 16.0. The van der Waals surface area contributed by atoms with Crippen molar-refractivity contribution in [2.24, 2.45) is 0 Å². The van der Waals surface area contributed by atoms with E-state index < -0.39 is 0 Å². The first-order valence-corrected chi connectivity index (χ1v) is 11.1. The van der Waals surface area contributed by atoms with Crippen molar-refractivity contribution in [1.29, 1.82) is 0 Å². The first kappa shape index (κ1) is 22.9. The summed E-state index contributed by atoms with van der Waals surface area (Å²) in [7, 11) is 4.10. The molecule has 168 valence electrons. The number of anilines is 2. The maximum Gasteiger partial charge on any atom is 0.315 e. The molecule has 6 heteroatoms. The zero-order chi connectivity index (χ0) is 22.4. The molecule has 0 bridgehead atoms. The topological polar surface area (TPSA) is 50.9 Å². The van der Waals surface area contributed by atoms with Crippen LogP contribution in [0.25, 0.3) is 0 Å². The fraction of sp³-hybridized carbons (Fsp3) is 0.480. The highest BCUT2D eigenvalue weighted by atomic mass is 16.2. The van der Waals surface area contributed by atoms with Crippen molar-refractivity contribution in [3.05, 3.63) is 60.2 Å². The first-order chi connectivity index (χ1) is 14.7. The summed E-state index contributed by atoms with van der Waals surface area (Å²) >= 11 is 0. The number of amides is 2. The van der Waals surface area contributed by atoms with E-state index in [2.05, 4.69) is 79.9 Å². The van der Waals surface area contributed by atoms with Crippen LogP contribution in [0, 0.1) is 0 Å². The molecule has 2 N–H and O–H groups in total. The number of hydrogen-bond donors (Lipinski definition) is 2. The van der Waals surface area contributed by atoms with Crippen molar-refractivity contribution in [2.75, 3.05) is 56.6 Å². The van der Waals surface area contributed by atoms with E-state index in [0.29, 0.717) is 6.54 Å². The summed E-state index contributed by atoms with van der Waals surface area (Å²) in [5.41, 5.74) is 3.43. The van der Waals surface area contributed by atoms with Gasteiger partial charge < -0.3 is 20.4 Å². The fourth-order valence-corrected chi connectivity index (χ4v) is 3.96. The fourth-order valence-electron chi connectivity index (χ4n) is 3.96. The Morgan fingerprint density at radius 1 is 0.968 bits per heavy atom. The van der Waals surface area contributed by atoms with Gasteiger partial charge in [-0.3, -0.25) is 4.90 Å². The summed E-state index contributed by atoms with van der Waals surface area (Å²) in [6, 6.07) is 19.3. The van der Waals surface area contributed by atoms with Gasteiger partial charge in [0.05, 0.1) is 6.04 Å². The van der Waals surface area contributed by atoms with E-state index in [1.54, 1.807) is 0 Å². The Morgan fingerprint density at radius 2 is 1.58 bits per heavy atom. The predicted octanol–water partition coefficient (Wildman–Crippen LogP) is 3.71. The molecule has 2 amide bonds. The van der Waals surface area contributed by atoms with Gasteiger partial charge in [-0.2, -0.15) is 0 Å². The molecule has 0 saturated carbocycles. The minimum atomic E-state index is -0.256. The number of para-hydroxylation sites is 1. The largest absolute Gasteiger partial charge is 0.378 e. The quantitative estimate of drug-likeness (QED) is 0.744. The molecular weight excluding hydrogens is 386 g/mol. The Balaban J connectivity index is 1.70. The lowest BCUT2D eigenvalue weighted by atomic mass is 10.0. The van der Waals surface area contributed by atoms with E-state index in [-0.39, 0.29) is 17.6 Å². The zero-order valence-electron chi connectivity index (χ0n) is 19.6. The second-order valence-electron chi connectivity index (χ2n) is 9.45. The van der Waals surface area contributed by atoms with Gasteiger partial charge in [-0.05, 0) is 50.6 Å². The first-order valence-electron chi connectivity index (χ1n) is 11.1. The number of carbonyl (C=O) groups is 1. The monoisotopic (exact) mass is 423 g/mol. The van der Waals surface area contributed by atoms with Gasteiger partial charge in [-0.1, -0.05) is 30.3 Å². The maximum absolute atomic E-state index is 12.4. The van der Waals surface area contributed by atoms with E-state index >= 15 is 0 Å². The minimum Gasteiger partial charge on any atom is -0.378 e. The number of nitrogens with zero attached hydrogens (tertiary/aromatic N) is 3. The van der Waals surface area contributed by atoms with Crippen LogP contribution in [0.2, 0.25) is 0 Å². The second kappa shape index (κ2) is 10.1. The Hall–Kier alpha value is -2.73. The van der Waals surface area contributed by atoms with Crippen molar-refractivity contribution in [2.45, 2.75) is 32.4 Å². The van der Waals surface area contributed by atoms with Crippen molar-refractivity contribution < 1.29 is 4.79 Å². The van der Waals surface area contributed by atoms with E-state index in [1.807, 2.05) is 34.9 Å². The lowest BCUT2D eigenvalue weighted by Gasteiger charge is -2.40. The zero-order valence-corrected chi connectivity index (χ0v) is 19.6. The number of nitrogens with one attached hydrogen (secondary N) is 2. The average Bonchev–Trinajstić information content (AvgIpc) is 2.74. The summed E-state index contributed by atoms with van der Waals surface area (Å²) in [5.74, 6) is 0. The molecule has 1 aliphatic heterocycles. The number of rotatable bonds is 6. The molecule has 6 nitrogen and oxygen atoms in total. The van der Waals surface area contributed by atoms with Crippen LogP contribution >= 0.6 is 0 Å². The molecular formula is C25H37N5O. The predicted molar refractivity (Wildman–Crippen MR) is 130 cm³/mol. The molecule has 0 aliphatic carbocycles. The van der Waals surface area contributed by atoms with Crippen molar-refractivity contribution in [3.8, 4) is 0 Å². The Bertz CT molecular complexity index is 821. The summed E-state index contributed by atoms with van der Waals surface area (Å²) in [6.07, 6.45) is 0. The number of urea groups is 1. The molecule has 1 heterocycles. The Kier molecular flexibility index (Phi) is 7.44. The number of piperazine rings is 1. The number of hydrogen-bond acceptors (Lipinski definition) is 4. The smallest absolute Gasteiger partial charge is 0.315 e. The number of carbonyl (C=O) groups excluding carboxylic acids is 1. The van der Waals surface area contributed by atoms with Gasteiger partial charge in [-0.25, -0.2) is 4.79 Å². The van der Waals surface area contributed by atoms with Crippen LogP contribution in [-0.2, 0) is 0 Å². The molecule has 0 aromatic heterocycles. The van der Waals surface area contributed by atoms with Crippen LogP contribution in [0.1, 0.15) is 32.4 Å². The molecule has 0 radical (unpaired) electrons. The molecule has 1 saturated heterocycles. The Morgan fingerprint density at radius 3 is 2.13 bits per heavy atom. The average molecular weight is 424 g/mol. The molecule has 1 fully saturated rings. The van der Waals surface area contributed by atoms with E-state index in [0.717, 1.165) is 26.2 Å². The highest BCUT2D eigenvalue weighted by molar-refractivity contribution is 5.74. The van der Waals surface area contributed by atoms with Gasteiger partial charge in [0.2, 0.25) is 0 Å². The van der Waals surface area contributed by atoms with Gasteiger partial charge >= 0.3 is 6.03 Å². The summed E-state index contributed by atoms with van der Waals surface area (Å²) in [5, 5.41) is 6.10. The molecule has 0 spiro atoms. The third-order valence-corrected chi connectivity index (χ3v) is 5.62. The lowest BCUT2D eigenvalue weighted by Crippen LogP contribution is -2.52. The third kappa shape index (κ3) is 6.62. The van der Waals surface area contributed by atoms with Crippen molar-refractivity contribution in [1.82, 2.24) is 15.5 Å². The molecule has 1 aliphatic rings. The summed E-state index contributed by atoms with van der Waals surface area (Å²) < 4.78 is 0. The van der Waals surface area contributed by atoms with Crippen LogP contribution < -0.4 is 20.4 Å². The Labute approximate surface area is 187 Å². The van der Waals surface area contributed by atoms with Crippen LogP contribution in [-0.4, -0.2) is 63.3 Å². The lowest BCUT2D eigenvalue weighted by molar-refractivity contribution is 0.179. The SMILES string of the molecule is CN(C)c1ccc([C@H](CNC(=O)NC(C)(C)C)N2CCN(c3ccccc3)CC2)cc1. The second-order valence-corrected chi connectivity index (χ2v) is 9.45. The van der Waals surface area contributed by atoms with Crippen molar-refractivity contribution >= 4 is 17.4 Å². The highest BCUT2D eigenvalue weighted by Gasteiger charge is 2.26. The molecule has 31 heavy (non-hydrogen) atoms. The van der Waals surface area contributed by atoms with Crippen molar-refractivity contribution in [3.63, 3.8) is 0 Å². The van der Waals surface area contributed by atoms with Gasteiger partial charge in [0.1, 0.15) is 0 Å². The molecule has 2 aromatic rings. The third-order valence-electron chi connectivity index (χ3n) is 5.62. The van der Waals surface area contributed by atoms with Crippen LogP contribution in [0.15, 0.2) is 54.6 Å². The highest BCUT2D eigenvalue weighted by Crippen LogP contribution is 2.25. The van der Waals surface area contributed by atoms with E-state index in [4.69, 9.17) is 0 Å². The van der Waals surface area contributed by atoms with Gasteiger partial charge in [0, 0.05) is 63.7 Å². The number of benzene rings is 2. The summed E-state index contributed by atoms with van der Waals surface area (Å²) in [4.78, 5) is 19.4. The summed E-state index contributed by atoms with van der Waals surface area (Å²) in [6.45, 7) is 10.4. The minimum absolute atomic E-state index is 0.120. The molecule has 1 atom stereocenters. The van der Waals surface area contributed by atoms with Gasteiger partial charge in [0.15, 0.2) is 0 Å². The molecule has 2 aromatic carbocycles. The van der Waals surface area contributed by atoms with E-state index in [1.165, 1.54) is 16.9 Å². The van der Waals surface area contributed by atoms with Crippen LogP contribution in [0.4, 0.5) is 16.2 Å².